The van der Waals surface area contributed by atoms with Crippen molar-refractivity contribution in [2.45, 2.75) is 39.4 Å². The molecule has 3 heteroatoms. The molecule has 1 aromatic heterocycles. The number of nitrogens with zero attached hydrogens (tertiary/aromatic N) is 2. The second-order valence-electron chi connectivity index (χ2n) is 7.54. The molecule has 0 N–H and O–H groups in total. The van der Waals surface area contributed by atoms with E-state index in [9.17, 15) is 0 Å². The lowest BCUT2D eigenvalue weighted by molar-refractivity contribution is 0.220. The van der Waals surface area contributed by atoms with Crippen molar-refractivity contribution in [2.75, 3.05) is 13.7 Å². The van der Waals surface area contributed by atoms with Crippen molar-refractivity contribution >= 4 is 0 Å². The van der Waals surface area contributed by atoms with Gasteiger partial charge in [-0.1, -0.05) is 30.3 Å². The van der Waals surface area contributed by atoms with E-state index in [1.165, 1.54) is 34.4 Å². The van der Waals surface area contributed by atoms with Crippen molar-refractivity contribution in [3.8, 4) is 5.75 Å². The van der Waals surface area contributed by atoms with E-state index in [0.29, 0.717) is 0 Å². The maximum absolute atomic E-state index is 5.31. The number of benzene rings is 2. The van der Waals surface area contributed by atoms with Crippen molar-refractivity contribution < 1.29 is 4.74 Å². The van der Waals surface area contributed by atoms with Gasteiger partial charge in [0.15, 0.2) is 0 Å². The molecular weight excluding hydrogens is 332 g/mol. The molecule has 1 atom stereocenters. The largest absolute Gasteiger partial charge is 0.497 e. The van der Waals surface area contributed by atoms with Gasteiger partial charge in [0.1, 0.15) is 5.75 Å². The molecule has 0 spiro atoms. The predicted molar refractivity (Wildman–Crippen MR) is 110 cm³/mol. The summed E-state index contributed by atoms with van der Waals surface area (Å²) < 4.78 is 7.74. The third-order valence-corrected chi connectivity index (χ3v) is 5.75. The summed E-state index contributed by atoms with van der Waals surface area (Å²) >= 11 is 0. The molecule has 4 rings (SSSR count). The highest BCUT2D eigenvalue weighted by Gasteiger charge is 2.27. The first-order valence-electron chi connectivity index (χ1n) is 9.75. The Balaban J connectivity index is 1.72. The molecule has 2 heterocycles. The molecule has 0 saturated heterocycles. The molecular formula is C24H28N2O. The van der Waals surface area contributed by atoms with E-state index in [2.05, 4.69) is 84.1 Å². The third-order valence-electron chi connectivity index (χ3n) is 5.75. The quantitative estimate of drug-likeness (QED) is 0.643. The van der Waals surface area contributed by atoms with Crippen molar-refractivity contribution in [2.24, 2.45) is 0 Å². The van der Waals surface area contributed by atoms with Crippen LogP contribution in [0.15, 0.2) is 60.8 Å². The van der Waals surface area contributed by atoms with Crippen LogP contribution in [0.25, 0.3) is 0 Å². The molecule has 0 saturated carbocycles. The van der Waals surface area contributed by atoms with Gasteiger partial charge in [0.2, 0.25) is 0 Å². The molecule has 27 heavy (non-hydrogen) atoms. The number of ether oxygens (including phenoxy) is 1. The predicted octanol–water partition coefficient (Wildman–Crippen LogP) is 5.11. The summed E-state index contributed by atoms with van der Waals surface area (Å²) in [5.41, 5.74) is 6.81. The van der Waals surface area contributed by atoms with E-state index >= 15 is 0 Å². The molecule has 0 bridgehead atoms. The Morgan fingerprint density at radius 3 is 2.52 bits per heavy atom. The van der Waals surface area contributed by atoms with E-state index in [1.54, 1.807) is 7.11 Å². The van der Waals surface area contributed by atoms with Gasteiger partial charge in [0.05, 0.1) is 13.2 Å². The molecule has 3 nitrogen and oxygen atoms in total. The highest BCUT2D eigenvalue weighted by Crippen LogP contribution is 2.34. The maximum atomic E-state index is 5.31. The van der Waals surface area contributed by atoms with Gasteiger partial charge in [-0.25, -0.2) is 0 Å². The van der Waals surface area contributed by atoms with Gasteiger partial charge in [0.25, 0.3) is 0 Å². The topological polar surface area (TPSA) is 17.4 Å². The lowest BCUT2D eigenvalue weighted by Crippen LogP contribution is -2.29. The molecule has 0 fully saturated rings. The second kappa shape index (κ2) is 7.61. The summed E-state index contributed by atoms with van der Waals surface area (Å²) in [6, 6.07) is 20.1. The summed E-state index contributed by atoms with van der Waals surface area (Å²) in [5, 5.41) is 0. The van der Waals surface area contributed by atoms with Gasteiger partial charge in [-0.2, -0.15) is 0 Å². The average Bonchev–Trinajstić information content (AvgIpc) is 3.06. The number of hydrogen-bond acceptors (Lipinski definition) is 2. The van der Waals surface area contributed by atoms with Crippen molar-refractivity contribution in [1.29, 1.82) is 0 Å². The van der Waals surface area contributed by atoms with E-state index in [1.807, 2.05) is 0 Å². The number of hydrogen-bond donors (Lipinski definition) is 0. The van der Waals surface area contributed by atoms with Crippen LogP contribution in [0.4, 0.5) is 0 Å². The zero-order valence-corrected chi connectivity index (χ0v) is 16.5. The summed E-state index contributed by atoms with van der Waals surface area (Å²) in [6.45, 7) is 7.51. The Labute approximate surface area is 162 Å². The first-order valence-corrected chi connectivity index (χ1v) is 9.75. The third kappa shape index (κ3) is 3.65. The van der Waals surface area contributed by atoms with Crippen LogP contribution in [0, 0.1) is 13.8 Å². The number of aryl methyl sites for hydroxylation is 3. The Kier molecular flexibility index (Phi) is 5.04. The van der Waals surface area contributed by atoms with Crippen LogP contribution < -0.4 is 4.74 Å². The van der Waals surface area contributed by atoms with E-state index in [-0.39, 0.29) is 6.04 Å². The second-order valence-corrected chi connectivity index (χ2v) is 7.54. The van der Waals surface area contributed by atoms with E-state index in [4.69, 9.17) is 4.74 Å². The van der Waals surface area contributed by atoms with Crippen molar-refractivity contribution in [3.05, 3.63) is 88.7 Å². The van der Waals surface area contributed by atoms with E-state index < -0.39 is 0 Å². The van der Waals surface area contributed by atoms with Gasteiger partial charge >= 0.3 is 0 Å². The Hall–Kier alpha value is -2.52. The summed E-state index contributed by atoms with van der Waals surface area (Å²) in [7, 11) is 1.72. The highest BCUT2D eigenvalue weighted by molar-refractivity contribution is 5.36. The van der Waals surface area contributed by atoms with Crippen molar-refractivity contribution in [3.63, 3.8) is 0 Å². The summed E-state index contributed by atoms with van der Waals surface area (Å²) in [5.74, 6) is 0.911. The number of fused-ring (bicyclic) bond motifs is 1. The highest BCUT2D eigenvalue weighted by atomic mass is 16.5. The first kappa shape index (κ1) is 17.9. The van der Waals surface area contributed by atoms with Crippen LogP contribution in [0.2, 0.25) is 0 Å². The average molecular weight is 361 g/mol. The minimum atomic E-state index is 0.281. The molecule has 140 valence electrons. The zero-order chi connectivity index (χ0) is 18.8. The fourth-order valence-electron chi connectivity index (χ4n) is 4.09. The SMILES string of the molecule is COc1ccc(CN2CCCn3cccc3[C@H]2c2ccc(C)c(C)c2)cc1. The molecule has 0 amide bonds. The minimum Gasteiger partial charge on any atom is -0.497 e. The lowest BCUT2D eigenvalue weighted by atomic mass is 9.97. The normalized spacial score (nSPS) is 17.4. The number of aromatic nitrogens is 1. The Morgan fingerprint density at radius 1 is 0.963 bits per heavy atom. The maximum Gasteiger partial charge on any atom is 0.118 e. The Bertz CT molecular complexity index is 910. The summed E-state index contributed by atoms with van der Waals surface area (Å²) in [4.78, 5) is 2.62. The van der Waals surface area contributed by atoms with Crippen LogP contribution in [0.3, 0.4) is 0 Å². The summed E-state index contributed by atoms with van der Waals surface area (Å²) in [6.07, 6.45) is 3.39. The molecule has 0 radical (unpaired) electrons. The monoisotopic (exact) mass is 360 g/mol. The van der Waals surface area contributed by atoms with Gasteiger partial charge in [-0.15, -0.1) is 0 Å². The fraction of sp³-hybridized carbons (Fsp3) is 0.333. The lowest BCUT2D eigenvalue weighted by Gasteiger charge is -2.31. The van der Waals surface area contributed by atoms with Crippen LogP contribution in [0.1, 0.15) is 40.4 Å². The molecule has 0 aliphatic carbocycles. The zero-order valence-electron chi connectivity index (χ0n) is 16.5. The number of rotatable bonds is 4. The number of methoxy groups -OCH3 is 1. The smallest absolute Gasteiger partial charge is 0.118 e. The van der Waals surface area contributed by atoms with Gasteiger partial charge in [-0.3, -0.25) is 4.90 Å². The van der Waals surface area contributed by atoms with Gasteiger partial charge in [-0.05, 0) is 66.8 Å². The Morgan fingerprint density at radius 2 is 1.78 bits per heavy atom. The van der Waals surface area contributed by atoms with Crippen LogP contribution in [0.5, 0.6) is 5.75 Å². The van der Waals surface area contributed by atoms with Crippen LogP contribution in [-0.2, 0) is 13.1 Å². The van der Waals surface area contributed by atoms with E-state index in [0.717, 1.165) is 25.4 Å². The molecule has 3 aromatic rings. The van der Waals surface area contributed by atoms with Crippen LogP contribution in [-0.4, -0.2) is 23.1 Å². The van der Waals surface area contributed by atoms with Crippen LogP contribution >= 0.6 is 0 Å². The van der Waals surface area contributed by atoms with Crippen molar-refractivity contribution in [1.82, 2.24) is 9.47 Å². The standard InChI is InChI=1S/C24H28N2O/c1-18-7-10-21(16-19(18)2)24-23-6-4-13-25(23)14-5-15-26(24)17-20-8-11-22(27-3)12-9-20/h4,6-13,16,24H,5,14-15,17H2,1-3H3/t24-/m1/s1. The minimum absolute atomic E-state index is 0.281. The molecule has 1 aliphatic rings. The first-order chi connectivity index (χ1) is 13.2. The molecule has 0 unspecified atom stereocenters. The van der Waals surface area contributed by atoms with Gasteiger partial charge < -0.3 is 9.30 Å². The van der Waals surface area contributed by atoms with Gasteiger partial charge in [0, 0.05) is 31.5 Å². The molecule has 2 aromatic carbocycles. The fourth-order valence-corrected chi connectivity index (χ4v) is 4.09. The molecule has 1 aliphatic heterocycles.